The highest BCUT2D eigenvalue weighted by atomic mass is 79.9. The molecule has 1 heterocycles. The number of nitrogens with zero attached hydrogens (tertiary/aromatic N) is 2. The molecule has 0 unspecified atom stereocenters. The van der Waals surface area contributed by atoms with Gasteiger partial charge in [0.2, 0.25) is 5.95 Å². The highest BCUT2D eigenvalue weighted by Gasteiger charge is 2.52. The van der Waals surface area contributed by atoms with Gasteiger partial charge < -0.3 is 10.3 Å². The molecule has 2 aromatic rings. The summed E-state index contributed by atoms with van der Waals surface area (Å²) in [6.07, 6.45) is 8.30. The minimum Gasteiger partial charge on any atom is -0.369 e. The molecule has 0 spiro atoms. The lowest BCUT2D eigenvalue weighted by molar-refractivity contribution is -0.0398. The third kappa shape index (κ3) is 1.68. The van der Waals surface area contributed by atoms with Crippen LogP contribution in [0.5, 0.6) is 0 Å². The standard InChI is InChI=1S/C17H20BrN3/c18-13-1-2-15-14(6-13)20-16(19)21(15)17-7-10-3-11(8-17)5-12(4-10)9-17/h1-2,6,10-12H,3-5,7-9H2,(H2,19,20). The SMILES string of the molecule is Nc1nc2cc(Br)ccc2n1C12CC3CC(CC(C3)C1)C2. The molecule has 0 saturated heterocycles. The van der Waals surface area contributed by atoms with Crippen molar-refractivity contribution in [1.29, 1.82) is 0 Å². The van der Waals surface area contributed by atoms with Crippen molar-refractivity contribution in [2.45, 2.75) is 44.1 Å². The lowest BCUT2D eigenvalue weighted by Gasteiger charge is -2.57. The van der Waals surface area contributed by atoms with Crippen LogP contribution >= 0.6 is 15.9 Å². The second-order valence-corrected chi connectivity index (χ2v) is 8.50. The van der Waals surface area contributed by atoms with Gasteiger partial charge in [-0.2, -0.15) is 0 Å². The molecule has 0 amide bonds. The Hall–Kier alpha value is -1.03. The number of hydrogen-bond acceptors (Lipinski definition) is 2. The van der Waals surface area contributed by atoms with Crippen molar-refractivity contribution in [3.63, 3.8) is 0 Å². The number of halogens is 1. The molecule has 110 valence electrons. The molecule has 3 nitrogen and oxygen atoms in total. The summed E-state index contributed by atoms with van der Waals surface area (Å²) in [6, 6.07) is 6.38. The van der Waals surface area contributed by atoms with Gasteiger partial charge in [0.05, 0.1) is 11.0 Å². The highest BCUT2D eigenvalue weighted by molar-refractivity contribution is 9.10. The molecule has 0 atom stereocenters. The predicted octanol–water partition coefficient (Wildman–Crippen LogP) is 4.31. The molecular weight excluding hydrogens is 326 g/mol. The maximum Gasteiger partial charge on any atom is 0.201 e. The topological polar surface area (TPSA) is 43.8 Å². The first kappa shape index (κ1) is 12.5. The van der Waals surface area contributed by atoms with E-state index in [1.165, 1.54) is 44.0 Å². The molecule has 1 aromatic heterocycles. The van der Waals surface area contributed by atoms with Crippen LogP contribution in [0.1, 0.15) is 38.5 Å². The summed E-state index contributed by atoms with van der Waals surface area (Å²) in [4.78, 5) is 4.64. The van der Waals surface area contributed by atoms with E-state index in [1.54, 1.807) is 0 Å². The van der Waals surface area contributed by atoms with E-state index in [4.69, 9.17) is 5.73 Å². The molecule has 21 heavy (non-hydrogen) atoms. The Morgan fingerprint density at radius 3 is 2.33 bits per heavy atom. The normalized spacial score (nSPS) is 37.5. The first-order chi connectivity index (χ1) is 10.1. The van der Waals surface area contributed by atoms with Gasteiger partial charge >= 0.3 is 0 Å². The van der Waals surface area contributed by atoms with Crippen LogP contribution in [0.3, 0.4) is 0 Å². The Bertz CT molecular complexity index is 698. The summed E-state index contributed by atoms with van der Waals surface area (Å²) < 4.78 is 3.48. The monoisotopic (exact) mass is 345 g/mol. The van der Waals surface area contributed by atoms with E-state index < -0.39 is 0 Å². The predicted molar refractivity (Wildman–Crippen MR) is 88.0 cm³/mol. The lowest BCUT2D eigenvalue weighted by Crippen LogP contribution is -2.52. The molecule has 0 radical (unpaired) electrons. The van der Waals surface area contributed by atoms with Crippen molar-refractivity contribution in [1.82, 2.24) is 9.55 Å². The largest absolute Gasteiger partial charge is 0.369 e. The molecule has 2 N–H and O–H groups in total. The van der Waals surface area contributed by atoms with E-state index >= 15 is 0 Å². The fourth-order valence-electron chi connectivity index (χ4n) is 5.91. The van der Waals surface area contributed by atoms with Crippen LogP contribution in [0.4, 0.5) is 5.95 Å². The van der Waals surface area contributed by atoms with Gasteiger partial charge in [-0.3, -0.25) is 0 Å². The summed E-state index contributed by atoms with van der Waals surface area (Å²) in [7, 11) is 0. The maximum absolute atomic E-state index is 6.36. The first-order valence-corrected chi connectivity index (χ1v) is 8.86. The highest BCUT2D eigenvalue weighted by Crippen LogP contribution is 2.59. The van der Waals surface area contributed by atoms with Crippen LogP contribution in [0, 0.1) is 17.8 Å². The van der Waals surface area contributed by atoms with E-state index in [0.717, 1.165) is 27.7 Å². The smallest absolute Gasteiger partial charge is 0.201 e. The molecule has 4 aliphatic rings. The number of benzene rings is 1. The van der Waals surface area contributed by atoms with Crippen molar-refractivity contribution < 1.29 is 0 Å². The Balaban J connectivity index is 1.72. The summed E-state index contributed by atoms with van der Waals surface area (Å²) >= 11 is 3.54. The number of imidazole rings is 1. The Kier molecular flexibility index (Phi) is 2.40. The van der Waals surface area contributed by atoms with E-state index in [-0.39, 0.29) is 5.54 Å². The van der Waals surface area contributed by atoms with E-state index in [0.29, 0.717) is 5.95 Å². The van der Waals surface area contributed by atoms with Crippen LogP contribution in [0.25, 0.3) is 11.0 Å². The minimum absolute atomic E-state index is 0.251. The average molecular weight is 346 g/mol. The Morgan fingerprint density at radius 2 is 1.71 bits per heavy atom. The number of fused-ring (bicyclic) bond motifs is 1. The van der Waals surface area contributed by atoms with E-state index in [2.05, 4.69) is 43.7 Å². The number of rotatable bonds is 1. The van der Waals surface area contributed by atoms with Crippen molar-refractivity contribution in [2.75, 3.05) is 5.73 Å². The molecule has 4 saturated carbocycles. The average Bonchev–Trinajstić information content (AvgIpc) is 2.72. The second kappa shape index (κ2) is 4.03. The quantitative estimate of drug-likeness (QED) is 0.836. The van der Waals surface area contributed by atoms with Gasteiger partial charge in [0.15, 0.2) is 0 Å². The fraction of sp³-hybridized carbons (Fsp3) is 0.588. The summed E-state index contributed by atoms with van der Waals surface area (Å²) in [5.74, 6) is 3.47. The Morgan fingerprint density at radius 1 is 1.10 bits per heavy atom. The van der Waals surface area contributed by atoms with Crippen LogP contribution in [-0.2, 0) is 5.54 Å². The van der Waals surface area contributed by atoms with E-state index in [9.17, 15) is 0 Å². The van der Waals surface area contributed by atoms with Crippen LogP contribution in [0.2, 0.25) is 0 Å². The molecule has 1 aromatic carbocycles. The molecule has 6 rings (SSSR count). The zero-order valence-electron chi connectivity index (χ0n) is 12.1. The molecule has 4 bridgehead atoms. The van der Waals surface area contributed by atoms with Crippen LogP contribution in [-0.4, -0.2) is 9.55 Å². The van der Waals surface area contributed by atoms with Gasteiger partial charge in [-0.25, -0.2) is 4.98 Å². The molecule has 4 aliphatic carbocycles. The number of anilines is 1. The van der Waals surface area contributed by atoms with Crippen LogP contribution in [0.15, 0.2) is 22.7 Å². The number of nitrogen functional groups attached to an aromatic ring is 1. The molecule has 4 heteroatoms. The Labute approximate surface area is 133 Å². The number of hydrogen-bond donors (Lipinski definition) is 1. The third-order valence-electron chi connectivity index (χ3n) is 6.12. The summed E-state index contributed by atoms with van der Waals surface area (Å²) in [5, 5.41) is 0. The van der Waals surface area contributed by atoms with Gasteiger partial charge in [-0.15, -0.1) is 0 Å². The zero-order chi connectivity index (χ0) is 14.2. The van der Waals surface area contributed by atoms with Crippen molar-refractivity contribution in [2.24, 2.45) is 17.8 Å². The molecule has 0 aliphatic heterocycles. The van der Waals surface area contributed by atoms with Gasteiger partial charge in [0, 0.05) is 10.0 Å². The van der Waals surface area contributed by atoms with Gasteiger partial charge in [0.25, 0.3) is 0 Å². The first-order valence-electron chi connectivity index (χ1n) is 8.07. The summed E-state index contributed by atoms with van der Waals surface area (Å²) in [6.45, 7) is 0. The van der Waals surface area contributed by atoms with Gasteiger partial charge in [0.1, 0.15) is 0 Å². The number of nitrogens with two attached hydrogens (primary N) is 1. The summed E-state index contributed by atoms with van der Waals surface area (Å²) in [5.41, 5.74) is 8.86. The minimum atomic E-state index is 0.251. The van der Waals surface area contributed by atoms with Crippen molar-refractivity contribution in [3.8, 4) is 0 Å². The van der Waals surface area contributed by atoms with Crippen LogP contribution < -0.4 is 5.73 Å². The van der Waals surface area contributed by atoms with Gasteiger partial charge in [-0.1, -0.05) is 15.9 Å². The molecular formula is C17H20BrN3. The molecule has 4 fully saturated rings. The van der Waals surface area contributed by atoms with Crippen molar-refractivity contribution >= 4 is 32.9 Å². The number of aromatic nitrogens is 2. The maximum atomic E-state index is 6.36. The van der Waals surface area contributed by atoms with Crippen molar-refractivity contribution in [3.05, 3.63) is 22.7 Å². The third-order valence-corrected chi connectivity index (χ3v) is 6.62. The van der Waals surface area contributed by atoms with E-state index in [1.807, 2.05) is 0 Å². The van der Waals surface area contributed by atoms with Gasteiger partial charge in [-0.05, 0) is 74.5 Å². The fourth-order valence-corrected chi connectivity index (χ4v) is 6.26. The zero-order valence-corrected chi connectivity index (χ0v) is 13.6. The lowest BCUT2D eigenvalue weighted by atomic mass is 9.53. The second-order valence-electron chi connectivity index (χ2n) is 7.58.